The van der Waals surface area contributed by atoms with Crippen LogP contribution in [0.1, 0.15) is 50.4 Å². The van der Waals surface area contributed by atoms with Crippen molar-refractivity contribution in [2.75, 3.05) is 19.0 Å². The van der Waals surface area contributed by atoms with Crippen molar-refractivity contribution in [1.29, 1.82) is 5.41 Å². The van der Waals surface area contributed by atoms with Crippen molar-refractivity contribution in [2.24, 2.45) is 0 Å². The Labute approximate surface area is 174 Å². The van der Waals surface area contributed by atoms with Crippen LogP contribution in [0.5, 0.6) is 0 Å². The monoisotopic (exact) mass is 380 g/mol. The number of hydrogen-bond acceptors (Lipinski definition) is 2. The molecule has 146 valence electrons. The Kier molecular flexibility index (Phi) is 4.87. The summed E-state index contributed by atoms with van der Waals surface area (Å²) in [5, 5.41) is 9.16. The largest absolute Gasteiger partial charge is 0.378 e. The van der Waals surface area contributed by atoms with Gasteiger partial charge in [-0.2, -0.15) is 0 Å². The predicted molar refractivity (Wildman–Crippen MR) is 125 cm³/mol. The van der Waals surface area contributed by atoms with Crippen LogP contribution < -0.4 is 4.90 Å². The molecule has 1 unspecified atom stereocenters. The number of nitrogens with one attached hydrogen (secondary N) is 1. The van der Waals surface area contributed by atoms with E-state index in [4.69, 9.17) is 5.41 Å². The van der Waals surface area contributed by atoms with E-state index in [9.17, 15) is 0 Å². The minimum Gasteiger partial charge on any atom is -0.378 e. The third kappa shape index (κ3) is 3.29. The second-order valence-electron chi connectivity index (χ2n) is 8.19. The molecular weight excluding hydrogens is 352 g/mol. The van der Waals surface area contributed by atoms with E-state index in [0.717, 1.165) is 16.8 Å². The van der Waals surface area contributed by atoms with Crippen molar-refractivity contribution >= 4 is 17.5 Å². The fourth-order valence-electron chi connectivity index (χ4n) is 4.20. The van der Waals surface area contributed by atoms with Crippen LogP contribution in [0.4, 0.5) is 5.69 Å². The number of fused-ring (bicyclic) bond motifs is 1. The van der Waals surface area contributed by atoms with Crippen molar-refractivity contribution in [3.63, 3.8) is 0 Å². The molecule has 4 rings (SSSR count). The highest BCUT2D eigenvalue weighted by Crippen LogP contribution is 2.38. The van der Waals surface area contributed by atoms with E-state index in [1.54, 1.807) is 0 Å². The Morgan fingerprint density at radius 2 is 1.59 bits per heavy atom. The van der Waals surface area contributed by atoms with Gasteiger partial charge in [0, 0.05) is 36.8 Å². The highest BCUT2D eigenvalue weighted by molar-refractivity contribution is 6.13. The predicted octanol–water partition coefficient (Wildman–Crippen LogP) is 6.25. The molecule has 0 saturated carbocycles. The maximum atomic E-state index is 9.16. The highest BCUT2D eigenvalue weighted by atomic mass is 15.1. The molecule has 1 N–H and O–H groups in total. The molecule has 0 saturated heterocycles. The lowest BCUT2D eigenvalue weighted by atomic mass is 9.84. The number of rotatable bonds is 4. The van der Waals surface area contributed by atoms with Gasteiger partial charge in [-0.15, -0.1) is 0 Å². The van der Waals surface area contributed by atoms with Gasteiger partial charge in [0.05, 0.1) is 5.71 Å². The minimum atomic E-state index is 0.185. The summed E-state index contributed by atoms with van der Waals surface area (Å²) in [5.41, 5.74) is 11.3. The van der Waals surface area contributed by atoms with Gasteiger partial charge in [0.1, 0.15) is 0 Å². The normalized spacial score (nSPS) is 14.7. The van der Waals surface area contributed by atoms with Crippen LogP contribution in [0.3, 0.4) is 0 Å². The summed E-state index contributed by atoms with van der Waals surface area (Å²) >= 11 is 0. The number of allylic oxidation sites excluding steroid dienone is 1. The van der Waals surface area contributed by atoms with Gasteiger partial charge in [-0.05, 0) is 66.3 Å². The first-order valence-electron chi connectivity index (χ1n) is 10.1. The lowest BCUT2D eigenvalue weighted by molar-refractivity contribution is 1.04. The van der Waals surface area contributed by atoms with E-state index in [1.165, 1.54) is 33.4 Å². The lowest BCUT2D eigenvalue weighted by Crippen LogP contribution is -2.14. The molecule has 1 atom stereocenters. The molecule has 3 aromatic carbocycles. The van der Waals surface area contributed by atoms with E-state index in [0.29, 0.717) is 5.71 Å². The summed E-state index contributed by atoms with van der Waals surface area (Å²) in [6, 6.07) is 19.3. The zero-order valence-electron chi connectivity index (χ0n) is 17.9. The van der Waals surface area contributed by atoms with Crippen LogP contribution in [0.2, 0.25) is 0 Å². The summed E-state index contributed by atoms with van der Waals surface area (Å²) in [4.78, 5) is 2.10. The maximum Gasteiger partial charge on any atom is 0.0691 e. The molecule has 0 spiro atoms. The third-order valence-electron chi connectivity index (χ3n) is 6.28. The number of nitrogens with zero attached hydrogens (tertiary/aromatic N) is 1. The van der Waals surface area contributed by atoms with Crippen molar-refractivity contribution in [3.8, 4) is 0 Å². The standard InChI is InChI=1S/C27H28N2/c1-17-10-13-22(19(3)18(17)2)27(28)26-16-21(29(4)5)12-15-25(26)24-14-11-20-8-6-7-9-23(20)24/h6-16,24,28H,1-5H3. The molecule has 0 fully saturated rings. The average molecular weight is 381 g/mol. The van der Waals surface area contributed by atoms with E-state index in [1.807, 2.05) is 0 Å². The van der Waals surface area contributed by atoms with Gasteiger partial charge < -0.3 is 4.90 Å². The summed E-state index contributed by atoms with van der Waals surface area (Å²) in [6.07, 6.45) is 4.47. The number of aryl methyl sites for hydroxylation is 1. The first-order chi connectivity index (χ1) is 13.9. The Balaban J connectivity index is 1.88. The zero-order valence-corrected chi connectivity index (χ0v) is 17.9. The molecule has 0 aliphatic heterocycles. The SMILES string of the molecule is Cc1ccc(C(=N)c2cc(N(C)C)ccc2C2C=Cc3ccccc32)c(C)c1C. The number of anilines is 1. The topological polar surface area (TPSA) is 27.1 Å². The molecule has 2 nitrogen and oxygen atoms in total. The fourth-order valence-corrected chi connectivity index (χ4v) is 4.20. The molecule has 1 aliphatic rings. The average Bonchev–Trinajstić information content (AvgIpc) is 3.15. The van der Waals surface area contributed by atoms with Gasteiger partial charge >= 0.3 is 0 Å². The van der Waals surface area contributed by atoms with Gasteiger partial charge in [-0.3, -0.25) is 5.41 Å². The lowest BCUT2D eigenvalue weighted by Gasteiger charge is -2.22. The Morgan fingerprint density at radius 1 is 0.828 bits per heavy atom. The Morgan fingerprint density at radius 3 is 2.34 bits per heavy atom. The van der Waals surface area contributed by atoms with Crippen molar-refractivity contribution in [1.82, 2.24) is 0 Å². The molecule has 0 heterocycles. The maximum absolute atomic E-state index is 9.16. The van der Waals surface area contributed by atoms with E-state index in [2.05, 4.69) is 107 Å². The molecule has 0 radical (unpaired) electrons. The molecule has 0 aromatic heterocycles. The Bertz CT molecular complexity index is 1140. The van der Waals surface area contributed by atoms with E-state index >= 15 is 0 Å². The summed E-state index contributed by atoms with van der Waals surface area (Å²) in [6.45, 7) is 6.41. The van der Waals surface area contributed by atoms with Crippen LogP contribution in [0.15, 0.2) is 60.7 Å². The molecule has 29 heavy (non-hydrogen) atoms. The second-order valence-corrected chi connectivity index (χ2v) is 8.19. The number of benzene rings is 3. The zero-order chi connectivity index (χ0) is 20.7. The highest BCUT2D eigenvalue weighted by Gasteiger charge is 2.24. The molecule has 0 bridgehead atoms. The van der Waals surface area contributed by atoms with Crippen LogP contribution in [0.25, 0.3) is 6.08 Å². The van der Waals surface area contributed by atoms with Crippen molar-refractivity contribution in [2.45, 2.75) is 26.7 Å². The van der Waals surface area contributed by atoms with Crippen molar-refractivity contribution < 1.29 is 0 Å². The first kappa shape index (κ1) is 19.2. The van der Waals surface area contributed by atoms with Crippen molar-refractivity contribution in [3.05, 3.63) is 105 Å². The van der Waals surface area contributed by atoms with Gasteiger partial charge in [0.15, 0.2) is 0 Å². The summed E-state index contributed by atoms with van der Waals surface area (Å²) in [5.74, 6) is 0.185. The van der Waals surface area contributed by atoms with Crippen LogP contribution in [-0.4, -0.2) is 19.8 Å². The number of hydrogen-bond donors (Lipinski definition) is 1. The summed E-state index contributed by atoms with van der Waals surface area (Å²) in [7, 11) is 4.10. The van der Waals surface area contributed by atoms with Gasteiger partial charge in [0.2, 0.25) is 0 Å². The van der Waals surface area contributed by atoms with Gasteiger partial charge in [-0.25, -0.2) is 0 Å². The van der Waals surface area contributed by atoms with E-state index in [-0.39, 0.29) is 5.92 Å². The van der Waals surface area contributed by atoms with E-state index < -0.39 is 0 Å². The Hall–Kier alpha value is -3.13. The van der Waals surface area contributed by atoms with Crippen LogP contribution >= 0.6 is 0 Å². The smallest absolute Gasteiger partial charge is 0.0691 e. The molecule has 1 aliphatic carbocycles. The molecule has 2 heteroatoms. The molecule has 0 amide bonds. The van der Waals surface area contributed by atoms with Gasteiger partial charge in [-0.1, -0.05) is 54.6 Å². The summed E-state index contributed by atoms with van der Waals surface area (Å²) < 4.78 is 0. The quantitative estimate of drug-likeness (QED) is 0.532. The van der Waals surface area contributed by atoms with Crippen LogP contribution in [0, 0.1) is 26.2 Å². The molecule has 3 aromatic rings. The third-order valence-corrected chi connectivity index (χ3v) is 6.28. The van der Waals surface area contributed by atoms with Crippen LogP contribution in [-0.2, 0) is 0 Å². The minimum absolute atomic E-state index is 0.185. The fraction of sp³-hybridized carbons (Fsp3) is 0.222. The first-order valence-corrected chi connectivity index (χ1v) is 10.1. The molecular formula is C27H28N2. The second kappa shape index (κ2) is 7.36. The van der Waals surface area contributed by atoms with Gasteiger partial charge in [0.25, 0.3) is 0 Å².